The molecular formula is C29H31ClN2O. The summed E-state index contributed by atoms with van der Waals surface area (Å²) in [5.74, 6) is 8.89. The van der Waals surface area contributed by atoms with E-state index in [1.54, 1.807) is 0 Å². The zero-order valence-corrected chi connectivity index (χ0v) is 20.2. The number of hydrogen-bond acceptors (Lipinski definition) is 3. The highest BCUT2D eigenvalue weighted by Gasteiger charge is 2.21. The van der Waals surface area contributed by atoms with Crippen molar-refractivity contribution in [3.8, 4) is 28.7 Å². The van der Waals surface area contributed by atoms with Crippen LogP contribution in [0.2, 0.25) is 5.02 Å². The number of benzene rings is 2. The molecule has 0 saturated carbocycles. The van der Waals surface area contributed by atoms with Gasteiger partial charge in [0.1, 0.15) is 18.1 Å². The molecule has 0 aliphatic carbocycles. The van der Waals surface area contributed by atoms with Crippen LogP contribution in [0.5, 0.6) is 5.75 Å². The minimum Gasteiger partial charge on any atom is -0.492 e. The Kier molecular flexibility index (Phi) is 8.05. The second-order valence-corrected chi connectivity index (χ2v) is 9.42. The highest BCUT2D eigenvalue weighted by molar-refractivity contribution is 6.30. The minimum absolute atomic E-state index is 0.723. The van der Waals surface area contributed by atoms with E-state index < -0.39 is 0 Å². The van der Waals surface area contributed by atoms with Crippen LogP contribution in [0, 0.1) is 23.7 Å². The smallest absolute Gasteiger partial charge is 0.119 e. The van der Waals surface area contributed by atoms with Gasteiger partial charge in [-0.3, -0.25) is 4.90 Å². The number of ether oxygens (including phenoxy) is 1. The van der Waals surface area contributed by atoms with E-state index in [1.165, 1.54) is 25.9 Å². The largest absolute Gasteiger partial charge is 0.492 e. The topological polar surface area (TPSA) is 25.4 Å². The van der Waals surface area contributed by atoms with Crippen molar-refractivity contribution in [1.29, 1.82) is 0 Å². The van der Waals surface area contributed by atoms with E-state index >= 15 is 0 Å². The van der Waals surface area contributed by atoms with Gasteiger partial charge in [0.15, 0.2) is 0 Å². The molecule has 1 aromatic heterocycles. The van der Waals surface area contributed by atoms with E-state index in [2.05, 4.69) is 35.6 Å². The van der Waals surface area contributed by atoms with Crippen LogP contribution in [0.1, 0.15) is 37.9 Å². The highest BCUT2D eigenvalue weighted by atomic mass is 35.5. The first-order chi connectivity index (χ1) is 16.1. The monoisotopic (exact) mass is 458 g/mol. The number of aromatic nitrogens is 1. The van der Waals surface area contributed by atoms with Gasteiger partial charge < -0.3 is 4.74 Å². The predicted molar refractivity (Wildman–Crippen MR) is 137 cm³/mol. The molecule has 0 bridgehead atoms. The van der Waals surface area contributed by atoms with Gasteiger partial charge >= 0.3 is 0 Å². The van der Waals surface area contributed by atoms with Crippen LogP contribution in [0.3, 0.4) is 0 Å². The molecule has 4 heteroatoms. The van der Waals surface area contributed by atoms with Crippen molar-refractivity contribution in [1.82, 2.24) is 9.88 Å². The molecule has 0 radical (unpaired) electrons. The van der Waals surface area contributed by atoms with Gasteiger partial charge in [0.2, 0.25) is 0 Å². The summed E-state index contributed by atoms with van der Waals surface area (Å²) < 4.78 is 5.95. The third kappa shape index (κ3) is 6.84. The molecule has 0 unspecified atom stereocenters. The van der Waals surface area contributed by atoms with Gasteiger partial charge in [0.05, 0.1) is 0 Å². The van der Waals surface area contributed by atoms with Crippen LogP contribution in [-0.4, -0.2) is 36.1 Å². The van der Waals surface area contributed by atoms with Gasteiger partial charge in [-0.05, 0) is 91.7 Å². The first-order valence-electron chi connectivity index (χ1n) is 11.8. The Balaban J connectivity index is 1.25. The average Bonchev–Trinajstić information content (AvgIpc) is 2.85. The number of rotatable bonds is 6. The normalized spacial score (nSPS) is 14.7. The summed E-state index contributed by atoms with van der Waals surface area (Å²) in [4.78, 5) is 6.99. The maximum atomic E-state index is 5.96. The summed E-state index contributed by atoms with van der Waals surface area (Å²) in [6, 6.07) is 19.7. The first kappa shape index (κ1) is 23.4. The molecule has 3 aromatic rings. The van der Waals surface area contributed by atoms with Crippen LogP contribution < -0.4 is 4.74 Å². The standard InChI is InChI=1S/C29H31ClN2O/c1-22(2)24-15-17-32(18-16-24)19-20-33-29-13-4-23(5-14-29)3-11-28-12-8-26(21-31-28)25-6-9-27(30)10-7-25/h4-10,12-14,21-22,24H,15-20H2,1-2H3. The third-order valence-corrected chi connectivity index (χ3v) is 6.63. The Morgan fingerprint density at radius 1 is 0.939 bits per heavy atom. The van der Waals surface area contributed by atoms with E-state index in [0.717, 1.165) is 58.1 Å². The molecule has 2 heterocycles. The molecule has 1 aliphatic heterocycles. The lowest BCUT2D eigenvalue weighted by atomic mass is 9.87. The van der Waals surface area contributed by atoms with Crippen LogP contribution in [0.25, 0.3) is 11.1 Å². The number of piperidine rings is 1. The summed E-state index contributed by atoms with van der Waals surface area (Å²) in [7, 11) is 0. The van der Waals surface area contributed by atoms with E-state index in [9.17, 15) is 0 Å². The van der Waals surface area contributed by atoms with Crippen LogP contribution in [0.4, 0.5) is 0 Å². The lowest BCUT2D eigenvalue weighted by Gasteiger charge is -2.33. The van der Waals surface area contributed by atoms with Crippen molar-refractivity contribution in [2.75, 3.05) is 26.2 Å². The molecule has 1 saturated heterocycles. The van der Waals surface area contributed by atoms with Gasteiger partial charge in [-0.25, -0.2) is 4.98 Å². The summed E-state index contributed by atoms with van der Waals surface area (Å²) in [5, 5.41) is 0.729. The van der Waals surface area contributed by atoms with Gasteiger partial charge in [0.25, 0.3) is 0 Å². The molecule has 0 spiro atoms. The highest BCUT2D eigenvalue weighted by Crippen LogP contribution is 2.24. The van der Waals surface area contributed by atoms with E-state index in [0.29, 0.717) is 0 Å². The van der Waals surface area contributed by atoms with Crippen molar-refractivity contribution in [2.24, 2.45) is 11.8 Å². The molecule has 0 N–H and O–H groups in total. The molecule has 0 amide bonds. The maximum absolute atomic E-state index is 5.96. The van der Waals surface area contributed by atoms with Crippen molar-refractivity contribution >= 4 is 11.6 Å². The van der Waals surface area contributed by atoms with Crippen molar-refractivity contribution in [3.63, 3.8) is 0 Å². The molecule has 2 aromatic carbocycles. The average molecular weight is 459 g/mol. The lowest BCUT2D eigenvalue weighted by Crippen LogP contribution is -2.37. The third-order valence-electron chi connectivity index (χ3n) is 6.38. The summed E-state index contributed by atoms with van der Waals surface area (Å²) in [5.41, 5.74) is 3.82. The number of pyridine rings is 1. The Labute approximate surface area is 202 Å². The lowest BCUT2D eigenvalue weighted by molar-refractivity contribution is 0.137. The summed E-state index contributed by atoms with van der Waals surface area (Å²) in [6.07, 6.45) is 4.46. The van der Waals surface area contributed by atoms with Crippen LogP contribution in [-0.2, 0) is 0 Å². The second-order valence-electron chi connectivity index (χ2n) is 8.98. The fourth-order valence-corrected chi connectivity index (χ4v) is 4.31. The molecule has 1 fully saturated rings. The fourth-order valence-electron chi connectivity index (χ4n) is 4.19. The SMILES string of the molecule is CC(C)C1CCN(CCOc2ccc(C#Cc3ccc(-c4ccc(Cl)cc4)cn3)cc2)CC1. The van der Waals surface area contributed by atoms with E-state index in [-0.39, 0.29) is 0 Å². The number of halogens is 1. The van der Waals surface area contributed by atoms with Gasteiger partial charge in [-0.2, -0.15) is 0 Å². The summed E-state index contributed by atoms with van der Waals surface area (Å²) >= 11 is 5.96. The molecule has 4 rings (SSSR count). The van der Waals surface area contributed by atoms with Crippen LogP contribution in [0.15, 0.2) is 66.9 Å². The maximum Gasteiger partial charge on any atom is 0.119 e. The molecule has 0 atom stereocenters. The molecule has 3 nitrogen and oxygen atoms in total. The Morgan fingerprint density at radius 2 is 1.64 bits per heavy atom. The molecule has 170 valence electrons. The van der Waals surface area contributed by atoms with E-state index in [4.69, 9.17) is 16.3 Å². The fraction of sp³-hybridized carbons (Fsp3) is 0.345. The molecule has 33 heavy (non-hydrogen) atoms. The van der Waals surface area contributed by atoms with Crippen LogP contribution >= 0.6 is 11.6 Å². The van der Waals surface area contributed by atoms with Crippen molar-refractivity contribution < 1.29 is 4.74 Å². The zero-order valence-electron chi connectivity index (χ0n) is 19.4. The predicted octanol–water partition coefficient (Wildman–Crippen LogP) is 6.55. The zero-order chi connectivity index (χ0) is 23.0. The van der Waals surface area contributed by atoms with Gasteiger partial charge in [-0.15, -0.1) is 0 Å². The van der Waals surface area contributed by atoms with Crippen molar-refractivity contribution in [2.45, 2.75) is 26.7 Å². The number of hydrogen-bond donors (Lipinski definition) is 0. The van der Waals surface area contributed by atoms with Gasteiger partial charge in [-0.1, -0.05) is 49.6 Å². The molecule has 1 aliphatic rings. The Hall–Kier alpha value is -2.80. The summed E-state index contributed by atoms with van der Waals surface area (Å²) in [6.45, 7) is 8.77. The number of nitrogens with zero attached hydrogens (tertiary/aromatic N) is 2. The second kappa shape index (κ2) is 11.4. The van der Waals surface area contributed by atoms with Crippen molar-refractivity contribution in [3.05, 3.63) is 83.1 Å². The molecular weight excluding hydrogens is 428 g/mol. The van der Waals surface area contributed by atoms with Gasteiger partial charge in [0, 0.05) is 28.9 Å². The van der Waals surface area contributed by atoms with E-state index in [1.807, 2.05) is 66.9 Å². The Bertz CT molecular complexity index is 1070. The quantitative estimate of drug-likeness (QED) is 0.391. The Morgan fingerprint density at radius 3 is 2.27 bits per heavy atom. The minimum atomic E-state index is 0.723. The first-order valence-corrected chi connectivity index (χ1v) is 12.1. The number of likely N-dealkylation sites (tertiary alicyclic amines) is 1.